The van der Waals surface area contributed by atoms with E-state index in [4.69, 9.17) is 13.9 Å². The van der Waals surface area contributed by atoms with Gasteiger partial charge in [-0.15, -0.1) is 0 Å². The zero-order valence-electron chi connectivity index (χ0n) is 21.2. The number of aryl methyl sites for hydroxylation is 2. The van der Waals surface area contributed by atoms with Gasteiger partial charge in [0.25, 0.3) is 0 Å². The van der Waals surface area contributed by atoms with Gasteiger partial charge in [-0.25, -0.2) is 9.59 Å². The second-order valence-electron chi connectivity index (χ2n) is 10.2. The molecule has 0 saturated heterocycles. The number of rotatable bonds is 6. The van der Waals surface area contributed by atoms with Crippen LogP contribution in [-0.2, 0) is 29.0 Å². The van der Waals surface area contributed by atoms with Crippen LogP contribution in [0.1, 0.15) is 60.8 Å². The Balaban J connectivity index is 1.14. The summed E-state index contributed by atoms with van der Waals surface area (Å²) in [6.07, 6.45) is 6.31. The average Bonchev–Trinajstić information content (AvgIpc) is 2.92. The number of hydrogen-bond acceptors (Lipinski definition) is 6. The molecule has 3 aromatic rings. The zero-order chi connectivity index (χ0) is 25.8. The maximum atomic E-state index is 13.0. The van der Waals surface area contributed by atoms with E-state index in [2.05, 4.69) is 5.32 Å². The molecule has 2 aliphatic rings. The van der Waals surface area contributed by atoms with E-state index in [1.807, 2.05) is 43.3 Å². The molecular weight excluding hydrogens is 470 g/mol. The molecule has 37 heavy (non-hydrogen) atoms. The highest BCUT2D eigenvalue weighted by atomic mass is 16.5. The van der Waals surface area contributed by atoms with E-state index in [1.165, 1.54) is 0 Å². The van der Waals surface area contributed by atoms with Gasteiger partial charge in [-0.2, -0.15) is 0 Å². The van der Waals surface area contributed by atoms with E-state index in [0.29, 0.717) is 23.8 Å². The fraction of sp³-hybridized carbons (Fsp3) is 0.433. The van der Waals surface area contributed by atoms with Gasteiger partial charge in [-0.3, -0.25) is 4.79 Å². The van der Waals surface area contributed by atoms with Crippen LogP contribution in [0.25, 0.3) is 11.0 Å². The fourth-order valence-corrected chi connectivity index (χ4v) is 5.48. The molecule has 1 N–H and O–H groups in total. The van der Waals surface area contributed by atoms with Gasteiger partial charge in [0.1, 0.15) is 17.9 Å². The monoisotopic (exact) mass is 503 g/mol. The maximum absolute atomic E-state index is 13.0. The normalized spacial score (nSPS) is 19.2. The summed E-state index contributed by atoms with van der Waals surface area (Å²) in [6, 6.07) is 13.2. The number of carbonyl (C=O) groups is 2. The van der Waals surface area contributed by atoms with Gasteiger partial charge >= 0.3 is 17.7 Å². The minimum atomic E-state index is -0.421. The van der Waals surface area contributed by atoms with Crippen LogP contribution in [-0.4, -0.2) is 18.6 Å². The Morgan fingerprint density at radius 1 is 1.00 bits per heavy atom. The zero-order valence-corrected chi connectivity index (χ0v) is 21.2. The van der Waals surface area contributed by atoms with Crippen LogP contribution >= 0.6 is 0 Å². The Morgan fingerprint density at radius 3 is 2.49 bits per heavy atom. The lowest BCUT2D eigenvalue weighted by molar-refractivity contribution is -0.140. The lowest BCUT2D eigenvalue weighted by Gasteiger charge is -2.27. The van der Waals surface area contributed by atoms with E-state index >= 15 is 0 Å². The van der Waals surface area contributed by atoms with Gasteiger partial charge in [-0.05, 0) is 93.0 Å². The van der Waals surface area contributed by atoms with Crippen LogP contribution in [0.15, 0.2) is 51.7 Å². The van der Waals surface area contributed by atoms with Crippen LogP contribution in [0.5, 0.6) is 5.75 Å². The molecular formula is C30H33NO6. The fourth-order valence-electron chi connectivity index (χ4n) is 5.48. The minimum Gasteiger partial charge on any atom is -0.445 e. The van der Waals surface area contributed by atoms with Crippen LogP contribution in [0.3, 0.4) is 0 Å². The van der Waals surface area contributed by atoms with Crippen molar-refractivity contribution in [1.29, 1.82) is 0 Å². The maximum Gasteiger partial charge on any atom is 0.407 e. The summed E-state index contributed by atoms with van der Waals surface area (Å²) in [4.78, 5) is 37.4. The summed E-state index contributed by atoms with van der Waals surface area (Å²) in [5.41, 5.74) is 3.82. The summed E-state index contributed by atoms with van der Waals surface area (Å²) in [6.45, 7) is 2.64. The summed E-state index contributed by atoms with van der Waals surface area (Å²) in [5.74, 6) is 0.454. The second kappa shape index (κ2) is 11.2. The van der Waals surface area contributed by atoms with Crippen molar-refractivity contribution in [3.05, 3.63) is 75.1 Å². The highest BCUT2D eigenvalue weighted by Gasteiger charge is 2.29. The Bertz CT molecular complexity index is 1340. The van der Waals surface area contributed by atoms with Crippen molar-refractivity contribution in [3.63, 3.8) is 0 Å². The van der Waals surface area contributed by atoms with Gasteiger partial charge in [0.05, 0.1) is 5.92 Å². The Labute approximate surface area is 216 Å². The van der Waals surface area contributed by atoms with Gasteiger partial charge in [0, 0.05) is 17.5 Å². The first-order chi connectivity index (χ1) is 18.0. The van der Waals surface area contributed by atoms with Gasteiger partial charge in [-0.1, -0.05) is 30.3 Å². The van der Waals surface area contributed by atoms with Crippen molar-refractivity contribution >= 4 is 23.0 Å². The lowest BCUT2D eigenvalue weighted by atomic mass is 9.82. The first-order valence-electron chi connectivity index (χ1n) is 13.2. The molecule has 0 atom stereocenters. The van der Waals surface area contributed by atoms with Crippen LogP contribution in [0.4, 0.5) is 4.79 Å². The van der Waals surface area contributed by atoms with Crippen molar-refractivity contribution in [2.45, 2.75) is 64.9 Å². The van der Waals surface area contributed by atoms with Crippen LogP contribution < -0.4 is 15.7 Å². The average molecular weight is 504 g/mol. The number of amides is 1. The van der Waals surface area contributed by atoms with Crippen LogP contribution in [0.2, 0.25) is 0 Å². The Hall–Kier alpha value is -3.61. The Morgan fingerprint density at radius 2 is 1.73 bits per heavy atom. The molecule has 194 valence electrons. The molecule has 1 aromatic heterocycles. The Kier molecular flexibility index (Phi) is 7.58. The SMILES string of the molecule is Cc1cc2oc(=O)c3c(c2cc1OC(=O)C1CCC(CNC(=O)OCc2ccccc2)CC1)CCCC3. The molecule has 0 radical (unpaired) electrons. The molecule has 0 unspecified atom stereocenters. The van der Waals surface area contributed by atoms with Gasteiger partial charge < -0.3 is 19.2 Å². The second-order valence-corrected chi connectivity index (χ2v) is 10.2. The lowest BCUT2D eigenvalue weighted by Crippen LogP contribution is -2.33. The number of benzene rings is 2. The van der Waals surface area contributed by atoms with Crippen molar-refractivity contribution in [2.24, 2.45) is 11.8 Å². The number of ether oxygens (including phenoxy) is 2. The number of fused-ring (bicyclic) bond motifs is 3. The first kappa shape index (κ1) is 25.1. The first-order valence-corrected chi connectivity index (χ1v) is 13.2. The molecule has 1 saturated carbocycles. The van der Waals surface area contributed by atoms with E-state index in [0.717, 1.165) is 79.0 Å². The van der Waals surface area contributed by atoms with Crippen LogP contribution in [0, 0.1) is 18.8 Å². The molecule has 1 heterocycles. The summed E-state index contributed by atoms with van der Waals surface area (Å²) >= 11 is 0. The predicted molar refractivity (Wildman–Crippen MR) is 140 cm³/mol. The van der Waals surface area contributed by atoms with Crippen molar-refractivity contribution < 1.29 is 23.5 Å². The predicted octanol–water partition coefficient (Wildman–Crippen LogP) is 5.62. The van der Waals surface area contributed by atoms with E-state index in [1.54, 1.807) is 6.07 Å². The summed E-state index contributed by atoms with van der Waals surface area (Å²) in [7, 11) is 0. The third-order valence-corrected chi connectivity index (χ3v) is 7.66. The summed E-state index contributed by atoms with van der Waals surface area (Å²) < 4.78 is 16.7. The number of nitrogens with one attached hydrogen (secondary N) is 1. The molecule has 0 bridgehead atoms. The highest BCUT2D eigenvalue weighted by molar-refractivity contribution is 5.85. The highest BCUT2D eigenvalue weighted by Crippen LogP contribution is 2.34. The van der Waals surface area contributed by atoms with E-state index < -0.39 is 6.09 Å². The topological polar surface area (TPSA) is 94.8 Å². The van der Waals surface area contributed by atoms with E-state index in [-0.39, 0.29) is 24.1 Å². The molecule has 7 nitrogen and oxygen atoms in total. The molecule has 0 spiro atoms. The third-order valence-electron chi connectivity index (χ3n) is 7.66. The molecule has 2 aromatic carbocycles. The number of esters is 1. The molecule has 5 rings (SSSR count). The number of carbonyl (C=O) groups excluding carboxylic acids is 2. The largest absolute Gasteiger partial charge is 0.445 e. The molecule has 7 heteroatoms. The number of hydrogen-bond donors (Lipinski definition) is 1. The molecule has 0 aliphatic heterocycles. The van der Waals surface area contributed by atoms with Gasteiger partial charge in [0.2, 0.25) is 0 Å². The molecule has 2 aliphatic carbocycles. The molecule has 1 amide bonds. The van der Waals surface area contributed by atoms with E-state index in [9.17, 15) is 14.4 Å². The van der Waals surface area contributed by atoms with Crippen molar-refractivity contribution in [1.82, 2.24) is 5.32 Å². The quantitative estimate of drug-likeness (QED) is 0.267. The summed E-state index contributed by atoms with van der Waals surface area (Å²) in [5, 5.41) is 3.72. The van der Waals surface area contributed by atoms with Crippen molar-refractivity contribution in [2.75, 3.05) is 6.54 Å². The van der Waals surface area contributed by atoms with Gasteiger partial charge in [0.15, 0.2) is 0 Å². The van der Waals surface area contributed by atoms with Crippen molar-refractivity contribution in [3.8, 4) is 5.75 Å². The smallest absolute Gasteiger partial charge is 0.407 e. The third kappa shape index (κ3) is 5.87. The number of alkyl carbamates (subject to hydrolysis) is 1. The minimum absolute atomic E-state index is 0.168. The standard InChI is InChI=1S/C30H33NO6/c1-19-15-27-25(23-9-5-6-10-24(23)29(33)37-27)16-26(19)36-28(32)22-13-11-20(12-14-22)17-31-30(34)35-18-21-7-3-2-4-8-21/h2-4,7-8,15-16,20,22H,5-6,9-14,17-18H2,1H3,(H,31,34). The molecule has 1 fully saturated rings.